The molecule has 0 fully saturated rings. The quantitative estimate of drug-likeness (QED) is 0.895. The molecule has 1 rings (SSSR count). The second kappa shape index (κ2) is 6.63. The fourth-order valence-electron chi connectivity index (χ4n) is 1.36. The first-order valence-electron chi connectivity index (χ1n) is 5.31. The lowest BCUT2D eigenvalue weighted by molar-refractivity contribution is 0.672. The normalized spacial score (nSPS) is 13.8. The third kappa shape index (κ3) is 4.03. The van der Waals surface area contributed by atoms with Gasteiger partial charge in [-0.2, -0.15) is 5.26 Å². The smallest absolute Gasteiger partial charge is 0.103 e. The van der Waals surface area contributed by atoms with Gasteiger partial charge < -0.3 is 5.32 Å². The van der Waals surface area contributed by atoms with Crippen LogP contribution in [0, 0.1) is 11.3 Å². The highest BCUT2D eigenvalue weighted by molar-refractivity contribution is 7.84. The van der Waals surface area contributed by atoms with E-state index in [1.807, 2.05) is 13.0 Å². The second-order valence-electron chi connectivity index (χ2n) is 3.80. The maximum Gasteiger partial charge on any atom is 0.103 e. The summed E-state index contributed by atoms with van der Waals surface area (Å²) >= 11 is 5.91. The fourth-order valence-corrected chi connectivity index (χ4v) is 2.03. The molecule has 0 aliphatic carbocycles. The molecule has 0 heterocycles. The van der Waals surface area contributed by atoms with Crippen molar-refractivity contribution in [1.29, 1.82) is 5.26 Å². The average Bonchev–Trinajstić information content (AvgIpc) is 2.29. The van der Waals surface area contributed by atoms with Crippen molar-refractivity contribution in [2.45, 2.75) is 18.6 Å². The van der Waals surface area contributed by atoms with E-state index in [1.54, 1.807) is 18.4 Å². The average molecular weight is 271 g/mol. The van der Waals surface area contributed by atoms with Crippen molar-refractivity contribution in [2.75, 3.05) is 18.1 Å². The van der Waals surface area contributed by atoms with E-state index >= 15 is 0 Å². The van der Waals surface area contributed by atoms with Crippen molar-refractivity contribution < 1.29 is 4.21 Å². The second-order valence-corrected chi connectivity index (χ2v) is 6.01. The fraction of sp³-hybridized carbons (Fsp3) is 0.417. The van der Waals surface area contributed by atoms with Crippen molar-refractivity contribution >= 4 is 28.1 Å². The van der Waals surface area contributed by atoms with Gasteiger partial charge in [0.1, 0.15) is 6.07 Å². The van der Waals surface area contributed by atoms with Crippen LogP contribution in [0.5, 0.6) is 0 Å². The van der Waals surface area contributed by atoms with E-state index in [-0.39, 0.29) is 5.25 Å². The van der Waals surface area contributed by atoms with Crippen LogP contribution in [0.25, 0.3) is 0 Å². The number of nitriles is 1. The lowest BCUT2D eigenvalue weighted by Gasteiger charge is -2.11. The van der Waals surface area contributed by atoms with E-state index in [0.29, 0.717) is 17.1 Å². The molecule has 5 heteroatoms. The highest BCUT2D eigenvalue weighted by Gasteiger charge is 2.08. The van der Waals surface area contributed by atoms with Crippen LogP contribution in [-0.4, -0.2) is 22.3 Å². The summed E-state index contributed by atoms with van der Waals surface area (Å²) in [6.45, 7) is 2.62. The molecule has 1 N–H and O–H groups in total. The summed E-state index contributed by atoms with van der Waals surface area (Å²) < 4.78 is 11.2. The maximum absolute atomic E-state index is 11.2. The van der Waals surface area contributed by atoms with Gasteiger partial charge in [0, 0.05) is 28.9 Å². The number of benzene rings is 1. The van der Waals surface area contributed by atoms with Gasteiger partial charge in [-0.05, 0) is 18.6 Å². The van der Waals surface area contributed by atoms with Crippen LogP contribution in [0.15, 0.2) is 18.2 Å². The summed E-state index contributed by atoms with van der Waals surface area (Å²) in [7, 11) is -0.811. The van der Waals surface area contributed by atoms with Crippen LogP contribution in [0.2, 0.25) is 5.02 Å². The molecule has 1 aromatic rings. The van der Waals surface area contributed by atoms with Crippen molar-refractivity contribution in [2.24, 2.45) is 0 Å². The first-order chi connectivity index (χ1) is 8.06. The Morgan fingerprint density at radius 1 is 1.59 bits per heavy atom. The molecule has 3 nitrogen and oxygen atoms in total. The topological polar surface area (TPSA) is 52.9 Å². The molecule has 0 saturated heterocycles. The highest BCUT2D eigenvalue weighted by atomic mass is 35.5. The molecule has 0 amide bonds. The van der Waals surface area contributed by atoms with Gasteiger partial charge in [-0.15, -0.1) is 0 Å². The third-order valence-electron chi connectivity index (χ3n) is 2.56. The summed E-state index contributed by atoms with van der Waals surface area (Å²) in [5, 5.41) is 12.7. The summed E-state index contributed by atoms with van der Waals surface area (Å²) in [6, 6.07) is 7.38. The molecule has 0 aliphatic rings. The predicted molar refractivity (Wildman–Crippen MR) is 72.8 cm³/mol. The number of hydrogen-bond donors (Lipinski definition) is 1. The Labute approximate surface area is 109 Å². The predicted octanol–water partition coefficient (Wildman–Crippen LogP) is 2.78. The van der Waals surface area contributed by atoms with Gasteiger partial charge in [0.05, 0.1) is 16.3 Å². The Balaban J connectivity index is 2.62. The Morgan fingerprint density at radius 3 is 2.88 bits per heavy atom. The Morgan fingerprint density at radius 2 is 2.29 bits per heavy atom. The molecule has 2 unspecified atom stereocenters. The lowest BCUT2D eigenvalue weighted by atomic mass is 10.2. The minimum atomic E-state index is -0.811. The number of rotatable bonds is 5. The zero-order valence-electron chi connectivity index (χ0n) is 9.87. The molecule has 1 aromatic carbocycles. The monoisotopic (exact) mass is 270 g/mol. The van der Waals surface area contributed by atoms with Gasteiger partial charge >= 0.3 is 0 Å². The maximum atomic E-state index is 11.2. The molecular weight excluding hydrogens is 256 g/mol. The van der Waals surface area contributed by atoms with E-state index in [1.165, 1.54) is 0 Å². The van der Waals surface area contributed by atoms with E-state index in [9.17, 15) is 4.21 Å². The number of anilines is 1. The minimum Gasteiger partial charge on any atom is -0.384 e. The van der Waals surface area contributed by atoms with Crippen LogP contribution < -0.4 is 5.32 Å². The molecule has 92 valence electrons. The number of nitrogens with zero attached hydrogens (tertiary/aromatic N) is 1. The Kier molecular flexibility index (Phi) is 5.46. The molecule has 2 atom stereocenters. The molecular formula is C12H15ClN2OS. The zero-order valence-corrected chi connectivity index (χ0v) is 11.4. The highest BCUT2D eigenvalue weighted by Crippen LogP contribution is 2.23. The Bertz CT molecular complexity index is 456. The standard InChI is InChI=1S/C12H15ClN2OS/c1-9(17(2)16)6-7-15-12-5-3-4-11(13)10(12)8-14/h3-5,9,15H,6-7H2,1-2H3. The number of halogens is 1. The lowest BCUT2D eigenvalue weighted by Crippen LogP contribution is -2.15. The van der Waals surface area contributed by atoms with Gasteiger partial charge in [0.15, 0.2) is 0 Å². The van der Waals surface area contributed by atoms with Gasteiger partial charge in [0.2, 0.25) is 0 Å². The molecule has 0 aromatic heterocycles. The number of nitrogens with one attached hydrogen (secondary N) is 1. The summed E-state index contributed by atoms with van der Waals surface area (Å²) in [5.74, 6) is 0. The summed E-state index contributed by atoms with van der Waals surface area (Å²) in [4.78, 5) is 0. The summed E-state index contributed by atoms with van der Waals surface area (Å²) in [5.41, 5.74) is 1.19. The van der Waals surface area contributed by atoms with Crippen molar-refractivity contribution in [1.82, 2.24) is 0 Å². The molecule has 0 radical (unpaired) electrons. The van der Waals surface area contributed by atoms with Crippen LogP contribution in [0.4, 0.5) is 5.69 Å². The molecule has 0 bridgehead atoms. The summed E-state index contributed by atoms with van der Waals surface area (Å²) in [6.07, 6.45) is 2.49. The first kappa shape index (κ1) is 14.0. The van der Waals surface area contributed by atoms with E-state index in [4.69, 9.17) is 16.9 Å². The molecule has 0 spiro atoms. The Hall–Kier alpha value is -1.05. The van der Waals surface area contributed by atoms with Crippen molar-refractivity contribution in [3.63, 3.8) is 0 Å². The number of hydrogen-bond acceptors (Lipinski definition) is 3. The van der Waals surface area contributed by atoms with Gasteiger partial charge in [0.25, 0.3) is 0 Å². The van der Waals surface area contributed by atoms with Crippen molar-refractivity contribution in [3.8, 4) is 6.07 Å². The molecule has 17 heavy (non-hydrogen) atoms. The van der Waals surface area contributed by atoms with Gasteiger partial charge in [-0.25, -0.2) is 0 Å². The molecule has 0 saturated carbocycles. The first-order valence-corrected chi connectivity index (χ1v) is 7.31. The molecule has 0 aliphatic heterocycles. The zero-order chi connectivity index (χ0) is 12.8. The van der Waals surface area contributed by atoms with Gasteiger partial charge in [-0.1, -0.05) is 24.6 Å². The third-order valence-corrected chi connectivity index (χ3v) is 4.24. The minimum absolute atomic E-state index is 0.146. The van der Waals surface area contributed by atoms with Gasteiger partial charge in [-0.3, -0.25) is 4.21 Å². The van der Waals surface area contributed by atoms with E-state index in [2.05, 4.69) is 11.4 Å². The largest absolute Gasteiger partial charge is 0.384 e. The van der Waals surface area contributed by atoms with Crippen LogP contribution in [-0.2, 0) is 10.8 Å². The van der Waals surface area contributed by atoms with E-state index in [0.717, 1.165) is 12.1 Å². The van der Waals surface area contributed by atoms with Crippen LogP contribution in [0.1, 0.15) is 18.9 Å². The van der Waals surface area contributed by atoms with E-state index < -0.39 is 10.8 Å². The van der Waals surface area contributed by atoms with Crippen molar-refractivity contribution in [3.05, 3.63) is 28.8 Å². The SMILES string of the molecule is CC(CCNc1cccc(Cl)c1C#N)S(C)=O. The van der Waals surface area contributed by atoms with Crippen LogP contribution in [0.3, 0.4) is 0 Å². The van der Waals surface area contributed by atoms with Crippen LogP contribution >= 0.6 is 11.6 Å².